The zero-order valence-corrected chi connectivity index (χ0v) is 16.4. The van der Waals surface area contributed by atoms with E-state index in [1.54, 1.807) is 30.3 Å². The summed E-state index contributed by atoms with van der Waals surface area (Å²) in [4.78, 5) is 11.6. The van der Waals surface area contributed by atoms with E-state index in [4.69, 9.17) is 4.74 Å². The van der Waals surface area contributed by atoms with Crippen molar-refractivity contribution in [3.63, 3.8) is 0 Å². The number of hydrogen-bond donors (Lipinski definition) is 1. The molecule has 0 bridgehead atoms. The molecule has 2 aromatic rings. The van der Waals surface area contributed by atoms with Crippen molar-refractivity contribution in [1.82, 2.24) is 0 Å². The highest BCUT2D eigenvalue weighted by atomic mass is 19.1. The van der Waals surface area contributed by atoms with Gasteiger partial charge in [-0.25, -0.2) is 8.78 Å². The van der Waals surface area contributed by atoms with Crippen LogP contribution in [0, 0.1) is 17.6 Å². The van der Waals surface area contributed by atoms with Crippen molar-refractivity contribution in [2.45, 2.75) is 38.9 Å². The minimum Gasteiger partial charge on any atom is -0.458 e. The van der Waals surface area contributed by atoms with Gasteiger partial charge in [0, 0.05) is 6.42 Å². The number of aliphatic hydroxyl groups excluding tert-OH is 1. The molecule has 1 N–H and O–H groups in total. The SMILES string of the molecule is CC(C)C(/C=C/[C@@H]1C[C@@H](O)CC(=O)O1)=C(c1ccc(F)cc1)c1ccc(F)cc1. The standard InChI is InChI=1S/C24H24F2O3/c1-15(2)22(12-11-21-13-20(27)14-23(28)29-21)24(16-3-7-18(25)8-4-16)17-5-9-19(26)10-6-17/h3-12,15,20-21,27H,13-14H2,1-2H3/b12-11+/t20-,21-/m1/s1. The summed E-state index contributed by atoms with van der Waals surface area (Å²) >= 11 is 0. The van der Waals surface area contributed by atoms with E-state index in [1.807, 2.05) is 19.9 Å². The number of allylic oxidation sites excluding steroid dienone is 2. The molecule has 1 fully saturated rings. The number of carbonyl (C=O) groups excluding carboxylic acids is 1. The molecule has 0 amide bonds. The molecule has 0 radical (unpaired) electrons. The van der Waals surface area contributed by atoms with E-state index in [2.05, 4.69) is 0 Å². The monoisotopic (exact) mass is 398 g/mol. The second kappa shape index (κ2) is 9.14. The van der Waals surface area contributed by atoms with Crippen LogP contribution in [0.4, 0.5) is 8.78 Å². The third kappa shape index (κ3) is 5.39. The molecule has 1 heterocycles. The van der Waals surface area contributed by atoms with E-state index in [0.717, 1.165) is 22.3 Å². The van der Waals surface area contributed by atoms with Crippen LogP contribution in [-0.4, -0.2) is 23.3 Å². The molecule has 3 rings (SSSR count). The molecule has 1 aliphatic heterocycles. The fraction of sp³-hybridized carbons (Fsp3) is 0.292. The first-order valence-electron chi connectivity index (χ1n) is 9.65. The lowest BCUT2D eigenvalue weighted by molar-refractivity contribution is -0.156. The summed E-state index contributed by atoms with van der Waals surface area (Å²) in [5.74, 6) is -1.01. The van der Waals surface area contributed by atoms with Crippen LogP contribution in [0.5, 0.6) is 0 Å². The highest BCUT2D eigenvalue weighted by Gasteiger charge is 2.25. The Morgan fingerprint density at radius 3 is 2.00 bits per heavy atom. The number of rotatable bonds is 5. The maximum atomic E-state index is 13.5. The molecule has 0 unspecified atom stereocenters. The number of ether oxygens (including phenoxy) is 1. The van der Waals surface area contributed by atoms with Crippen LogP contribution >= 0.6 is 0 Å². The quantitative estimate of drug-likeness (QED) is 0.567. The average Bonchev–Trinajstić information content (AvgIpc) is 2.66. The highest BCUT2D eigenvalue weighted by Crippen LogP contribution is 2.32. The van der Waals surface area contributed by atoms with Crippen LogP contribution in [-0.2, 0) is 9.53 Å². The Bertz CT molecular complexity index is 865. The molecule has 29 heavy (non-hydrogen) atoms. The van der Waals surface area contributed by atoms with Crippen LogP contribution in [0.2, 0.25) is 0 Å². The normalized spacial score (nSPS) is 19.4. The maximum Gasteiger partial charge on any atom is 0.309 e. The van der Waals surface area contributed by atoms with Crippen LogP contribution in [0.15, 0.2) is 66.3 Å². The smallest absolute Gasteiger partial charge is 0.309 e. The Morgan fingerprint density at radius 2 is 1.55 bits per heavy atom. The predicted octanol–water partition coefficient (Wildman–Crippen LogP) is 5.05. The van der Waals surface area contributed by atoms with Crippen LogP contribution < -0.4 is 0 Å². The molecule has 1 aliphatic rings. The van der Waals surface area contributed by atoms with Gasteiger partial charge in [0.2, 0.25) is 0 Å². The molecule has 5 heteroatoms. The zero-order chi connectivity index (χ0) is 21.0. The molecular formula is C24H24F2O3. The first kappa shape index (κ1) is 20.9. The maximum absolute atomic E-state index is 13.5. The van der Waals surface area contributed by atoms with Crippen molar-refractivity contribution in [1.29, 1.82) is 0 Å². The molecule has 0 saturated carbocycles. The Balaban J connectivity index is 2.08. The van der Waals surface area contributed by atoms with Crippen molar-refractivity contribution in [3.05, 3.63) is 89.0 Å². The van der Waals surface area contributed by atoms with Crippen LogP contribution in [0.25, 0.3) is 5.57 Å². The van der Waals surface area contributed by atoms with Gasteiger partial charge in [-0.05, 0) is 58.5 Å². The summed E-state index contributed by atoms with van der Waals surface area (Å²) in [6.07, 6.45) is 2.77. The third-order valence-electron chi connectivity index (χ3n) is 4.86. The Kier molecular flexibility index (Phi) is 6.60. The van der Waals surface area contributed by atoms with E-state index < -0.39 is 18.2 Å². The first-order chi connectivity index (χ1) is 13.8. The Morgan fingerprint density at radius 1 is 1.03 bits per heavy atom. The second-order valence-electron chi connectivity index (χ2n) is 7.48. The van der Waals surface area contributed by atoms with Crippen molar-refractivity contribution in [2.24, 2.45) is 5.92 Å². The van der Waals surface area contributed by atoms with Gasteiger partial charge < -0.3 is 9.84 Å². The van der Waals surface area contributed by atoms with Gasteiger partial charge in [0.1, 0.15) is 17.7 Å². The summed E-state index contributed by atoms with van der Waals surface area (Å²) in [5, 5.41) is 9.82. The number of benzene rings is 2. The molecule has 0 aromatic heterocycles. The third-order valence-corrected chi connectivity index (χ3v) is 4.86. The molecule has 0 aliphatic carbocycles. The number of esters is 1. The lowest BCUT2D eigenvalue weighted by Crippen LogP contribution is -2.31. The molecule has 1 saturated heterocycles. The van der Waals surface area contributed by atoms with Gasteiger partial charge in [-0.1, -0.05) is 44.2 Å². The summed E-state index contributed by atoms with van der Waals surface area (Å²) in [5.41, 5.74) is 3.37. The highest BCUT2D eigenvalue weighted by molar-refractivity contribution is 5.84. The summed E-state index contributed by atoms with van der Waals surface area (Å²) in [6.45, 7) is 4.04. The fourth-order valence-corrected chi connectivity index (χ4v) is 3.44. The van der Waals surface area contributed by atoms with Gasteiger partial charge in [0.05, 0.1) is 12.5 Å². The molecule has 2 aromatic carbocycles. The summed E-state index contributed by atoms with van der Waals surface area (Å²) < 4.78 is 32.3. The number of cyclic esters (lactones) is 1. The van der Waals surface area contributed by atoms with E-state index in [-0.39, 0.29) is 24.0 Å². The topological polar surface area (TPSA) is 46.5 Å². The Labute approximate surface area is 169 Å². The second-order valence-corrected chi connectivity index (χ2v) is 7.48. The average molecular weight is 398 g/mol. The minimum atomic E-state index is -0.717. The fourth-order valence-electron chi connectivity index (χ4n) is 3.44. The summed E-state index contributed by atoms with van der Waals surface area (Å²) in [6, 6.07) is 12.3. The number of carbonyl (C=O) groups is 1. The van der Waals surface area contributed by atoms with Gasteiger partial charge >= 0.3 is 5.97 Å². The van der Waals surface area contributed by atoms with Crippen LogP contribution in [0.1, 0.15) is 37.8 Å². The van der Waals surface area contributed by atoms with E-state index in [0.29, 0.717) is 6.42 Å². The molecule has 152 valence electrons. The minimum absolute atomic E-state index is 0.00757. The van der Waals surface area contributed by atoms with E-state index >= 15 is 0 Å². The van der Waals surface area contributed by atoms with Gasteiger partial charge in [0.15, 0.2) is 0 Å². The molecule has 2 atom stereocenters. The van der Waals surface area contributed by atoms with E-state index in [1.165, 1.54) is 24.3 Å². The van der Waals surface area contributed by atoms with Crippen molar-refractivity contribution in [2.75, 3.05) is 0 Å². The van der Waals surface area contributed by atoms with Gasteiger partial charge in [-0.2, -0.15) is 0 Å². The Hall–Kier alpha value is -2.79. The largest absolute Gasteiger partial charge is 0.458 e. The van der Waals surface area contributed by atoms with Crippen molar-refractivity contribution < 1.29 is 23.4 Å². The van der Waals surface area contributed by atoms with E-state index in [9.17, 15) is 18.7 Å². The number of hydrogen-bond acceptors (Lipinski definition) is 3. The molecule has 3 nitrogen and oxygen atoms in total. The first-order valence-corrected chi connectivity index (χ1v) is 9.65. The number of aliphatic hydroxyl groups is 1. The van der Waals surface area contributed by atoms with Crippen molar-refractivity contribution in [3.8, 4) is 0 Å². The van der Waals surface area contributed by atoms with Gasteiger partial charge in [0.25, 0.3) is 0 Å². The molecular weight excluding hydrogens is 374 g/mol. The predicted molar refractivity (Wildman–Crippen MR) is 108 cm³/mol. The summed E-state index contributed by atoms with van der Waals surface area (Å²) in [7, 11) is 0. The van der Waals surface area contributed by atoms with Gasteiger partial charge in [-0.3, -0.25) is 4.79 Å². The van der Waals surface area contributed by atoms with Crippen LogP contribution in [0.3, 0.4) is 0 Å². The van der Waals surface area contributed by atoms with Gasteiger partial charge in [-0.15, -0.1) is 0 Å². The molecule has 0 spiro atoms. The zero-order valence-electron chi connectivity index (χ0n) is 16.4. The van der Waals surface area contributed by atoms with Crippen molar-refractivity contribution >= 4 is 11.5 Å². The lowest BCUT2D eigenvalue weighted by atomic mass is 9.87. The lowest BCUT2D eigenvalue weighted by Gasteiger charge is -2.24. The number of halogens is 2.